The van der Waals surface area contributed by atoms with Gasteiger partial charge in [0.15, 0.2) is 0 Å². The fraction of sp³-hybridized carbons (Fsp3) is 0.562. The maximum Gasteiger partial charge on any atom is 0.323 e. The van der Waals surface area contributed by atoms with E-state index in [-0.39, 0.29) is 12.0 Å². The molecular formula is C16H25NO2. The van der Waals surface area contributed by atoms with Gasteiger partial charge in [0.25, 0.3) is 0 Å². The van der Waals surface area contributed by atoms with Crippen molar-refractivity contribution in [3.63, 3.8) is 0 Å². The van der Waals surface area contributed by atoms with Gasteiger partial charge in [-0.1, -0.05) is 44.2 Å². The molecular weight excluding hydrogens is 238 g/mol. The molecule has 0 spiro atoms. The second-order valence-corrected chi connectivity index (χ2v) is 4.81. The predicted octanol–water partition coefficient (Wildman–Crippen LogP) is 3.11. The van der Waals surface area contributed by atoms with E-state index in [1.807, 2.05) is 25.1 Å². The molecule has 2 unspecified atom stereocenters. The Kier molecular flexibility index (Phi) is 7.19. The fourth-order valence-electron chi connectivity index (χ4n) is 2.10. The Morgan fingerprint density at radius 2 is 1.95 bits per heavy atom. The monoisotopic (exact) mass is 263 g/mol. The van der Waals surface area contributed by atoms with Crippen LogP contribution >= 0.6 is 0 Å². The number of ether oxygens (including phenoxy) is 1. The molecule has 0 aliphatic heterocycles. The Balaban J connectivity index is 2.63. The Hall–Kier alpha value is -1.35. The van der Waals surface area contributed by atoms with Crippen LogP contribution in [0.2, 0.25) is 0 Å². The first-order valence-electron chi connectivity index (χ1n) is 7.14. The summed E-state index contributed by atoms with van der Waals surface area (Å²) in [4.78, 5) is 11.9. The second-order valence-electron chi connectivity index (χ2n) is 4.81. The van der Waals surface area contributed by atoms with Crippen molar-refractivity contribution in [1.82, 2.24) is 5.32 Å². The van der Waals surface area contributed by atoms with Gasteiger partial charge >= 0.3 is 5.97 Å². The van der Waals surface area contributed by atoms with Crippen molar-refractivity contribution >= 4 is 5.97 Å². The highest BCUT2D eigenvalue weighted by Gasteiger charge is 2.22. The van der Waals surface area contributed by atoms with Crippen LogP contribution in [0.15, 0.2) is 30.3 Å². The molecule has 0 aromatic heterocycles. The number of nitrogens with one attached hydrogen (secondary N) is 1. The predicted molar refractivity (Wildman–Crippen MR) is 78.2 cm³/mol. The van der Waals surface area contributed by atoms with Crippen molar-refractivity contribution in [3.8, 4) is 0 Å². The highest BCUT2D eigenvalue weighted by atomic mass is 16.5. The van der Waals surface area contributed by atoms with E-state index in [4.69, 9.17) is 4.74 Å². The Labute approximate surface area is 116 Å². The number of esters is 1. The third-order valence-electron chi connectivity index (χ3n) is 3.17. The fourth-order valence-corrected chi connectivity index (χ4v) is 2.10. The van der Waals surface area contributed by atoms with Crippen molar-refractivity contribution in [3.05, 3.63) is 35.9 Å². The number of hydrogen-bond acceptors (Lipinski definition) is 3. The number of carbonyl (C=O) groups excluding carboxylic acids is 1. The maximum atomic E-state index is 11.9. The number of benzene rings is 1. The molecule has 0 amide bonds. The van der Waals surface area contributed by atoms with Crippen molar-refractivity contribution < 1.29 is 9.53 Å². The van der Waals surface area contributed by atoms with Crippen molar-refractivity contribution in [2.75, 3.05) is 13.2 Å². The van der Waals surface area contributed by atoms with Gasteiger partial charge in [-0.25, -0.2) is 0 Å². The average Bonchev–Trinajstić information content (AvgIpc) is 2.44. The quantitative estimate of drug-likeness (QED) is 0.732. The molecule has 106 valence electrons. The van der Waals surface area contributed by atoms with Crippen LogP contribution in [0.4, 0.5) is 0 Å². The molecule has 0 saturated carbocycles. The lowest BCUT2D eigenvalue weighted by Crippen LogP contribution is -2.39. The van der Waals surface area contributed by atoms with Crippen LogP contribution < -0.4 is 5.32 Å². The van der Waals surface area contributed by atoms with Gasteiger partial charge in [-0.15, -0.1) is 0 Å². The molecule has 1 N–H and O–H groups in total. The Bertz CT molecular complexity index is 364. The third kappa shape index (κ3) is 5.43. The smallest absolute Gasteiger partial charge is 0.323 e. The third-order valence-corrected chi connectivity index (χ3v) is 3.17. The number of rotatable bonds is 8. The van der Waals surface area contributed by atoms with Crippen LogP contribution in [0, 0.1) is 0 Å². The standard InChI is InChI=1S/C16H25NO2/c1-4-11-17-15(16(18)19-5-2)12-13(3)14-9-7-6-8-10-14/h6-10,13,15,17H,4-5,11-12H2,1-3H3. The van der Waals surface area contributed by atoms with E-state index in [0.29, 0.717) is 12.5 Å². The van der Waals surface area contributed by atoms with Crippen molar-refractivity contribution in [1.29, 1.82) is 0 Å². The van der Waals surface area contributed by atoms with Crippen LogP contribution in [0.1, 0.15) is 45.1 Å². The molecule has 19 heavy (non-hydrogen) atoms. The summed E-state index contributed by atoms with van der Waals surface area (Å²) in [5.74, 6) is 0.193. The van der Waals surface area contributed by atoms with E-state index < -0.39 is 0 Å². The van der Waals surface area contributed by atoms with Crippen molar-refractivity contribution in [2.24, 2.45) is 0 Å². The van der Waals surface area contributed by atoms with Gasteiger partial charge in [0.05, 0.1) is 6.61 Å². The molecule has 0 saturated heterocycles. The Morgan fingerprint density at radius 3 is 2.53 bits per heavy atom. The van der Waals surface area contributed by atoms with Crippen LogP contribution in [0.5, 0.6) is 0 Å². The number of carbonyl (C=O) groups is 1. The Morgan fingerprint density at radius 1 is 1.26 bits per heavy atom. The lowest BCUT2D eigenvalue weighted by atomic mass is 9.94. The van der Waals surface area contributed by atoms with Gasteiger partial charge in [-0.3, -0.25) is 4.79 Å². The lowest BCUT2D eigenvalue weighted by Gasteiger charge is -2.21. The molecule has 3 heteroatoms. The van der Waals surface area contributed by atoms with Crippen molar-refractivity contribution in [2.45, 2.75) is 45.6 Å². The summed E-state index contributed by atoms with van der Waals surface area (Å²) >= 11 is 0. The van der Waals surface area contributed by atoms with Gasteiger partial charge in [0.1, 0.15) is 6.04 Å². The highest BCUT2D eigenvalue weighted by molar-refractivity contribution is 5.75. The number of hydrogen-bond donors (Lipinski definition) is 1. The molecule has 0 bridgehead atoms. The molecule has 0 aliphatic rings. The molecule has 0 radical (unpaired) electrons. The average molecular weight is 263 g/mol. The highest BCUT2D eigenvalue weighted by Crippen LogP contribution is 2.20. The van der Waals surface area contributed by atoms with Crippen LogP contribution in [0.3, 0.4) is 0 Å². The molecule has 1 aromatic rings. The van der Waals surface area contributed by atoms with E-state index in [1.54, 1.807) is 0 Å². The summed E-state index contributed by atoms with van der Waals surface area (Å²) in [6.07, 6.45) is 1.78. The summed E-state index contributed by atoms with van der Waals surface area (Å²) in [6, 6.07) is 10.1. The van der Waals surface area contributed by atoms with Gasteiger partial charge < -0.3 is 10.1 Å². The summed E-state index contributed by atoms with van der Waals surface area (Å²) in [5, 5.41) is 3.28. The van der Waals surface area contributed by atoms with Crippen LogP contribution in [-0.2, 0) is 9.53 Å². The molecule has 3 nitrogen and oxygen atoms in total. The van der Waals surface area contributed by atoms with E-state index in [2.05, 4.69) is 31.3 Å². The van der Waals surface area contributed by atoms with Gasteiger partial charge in [0, 0.05) is 0 Å². The largest absolute Gasteiger partial charge is 0.465 e. The minimum Gasteiger partial charge on any atom is -0.465 e. The first-order valence-corrected chi connectivity index (χ1v) is 7.14. The first-order chi connectivity index (χ1) is 9.19. The van der Waals surface area contributed by atoms with E-state index in [0.717, 1.165) is 19.4 Å². The van der Waals surface area contributed by atoms with Crippen LogP contribution in [0.25, 0.3) is 0 Å². The summed E-state index contributed by atoms with van der Waals surface area (Å²) in [7, 11) is 0. The maximum absolute atomic E-state index is 11.9. The summed E-state index contributed by atoms with van der Waals surface area (Å²) in [6.45, 7) is 7.36. The minimum atomic E-state index is -0.213. The SMILES string of the molecule is CCCNC(CC(C)c1ccccc1)C(=O)OCC. The minimum absolute atomic E-state index is 0.140. The summed E-state index contributed by atoms with van der Waals surface area (Å²) in [5.41, 5.74) is 1.26. The van der Waals surface area contributed by atoms with Gasteiger partial charge in [0.2, 0.25) is 0 Å². The van der Waals surface area contributed by atoms with E-state index in [9.17, 15) is 4.79 Å². The zero-order valence-electron chi connectivity index (χ0n) is 12.2. The molecule has 1 aromatic carbocycles. The summed E-state index contributed by atoms with van der Waals surface area (Å²) < 4.78 is 5.14. The lowest BCUT2D eigenvalue weighted by molar-refractivity contribution is -0.145. The topological polar surface area (TPSA) is 38.3 Å². The molecule has 0 aliphatic carbocycles. The molecule has 2 atom stereocenters. The zero-order valence-corrected chi connectivity index (χ0v) is 12.2. The van der Waals surface area contributed by atoms with E-state index in [1.165, 1.54) is 5.56 Å². The normalized spacial score (nSPS) is 13.8. The molecule has 1 rings (SSSR count). The van der Waals surface area contributed by atoms with Gasteiger partial charge in [-0.2, -0.15) is 0 Å². The van der Waals surface area contributed by atoms with Crippen LogP contribution in [-0.4, -0.2) is 25.2 Å². The van der Waals surface area contributed by atoms with E-state index >= 15 is 0 Å². The molecule has 0 fully saturated rings. The zero-order chi connectivity index (χ0) is 14.1. The second kappa shape index (κ2) is 8.70. The first kappa shape index (κ1) is 15.7. The van der Waals surface area contributed by atoms with Gasteiger partial charge in [-0.05, 0) is 37.8 Å². The molecule has 0 heterocycles.